The number of carbonyl (C=O) groups excluding carboxylic acids is 1. The molecule has 0 bridgehead atoms. The first-order valence-corrected chi connectivity index (χ1v) is 8.87. The van der Waals surface area contributed by atoms with Crippen LogP contribution in [-0.4, -0.2) is 44.5 Å². The number of rotatable bonds is 5. The zero-order chi connectivity index (χ0) is 18.8. The van der Waals surface area contributed by atoms with Crippen molar-refractivity contribution in [2.45, 2.75) is 53.2 Å². The van der Waals surface area contributed by atoms with E-state index in [2.05, 4.69) is 15.4 Å². The monoisotopic (exact) mass is 359 g/mol. The number of hydrogen-bond acceptors (Lipinski definition) is 5. The van der Waals surface area contributed by atoms with E-state index in [1.807, 2.05) is 19.9 Å². The topological polar surface area (TPSA) is 91.0 Å². The minimum Gasteiger partial charge on any atom is -0.376 e. The summed E-state index contributed by atoms with van der Waals surface area (Å²) in [7, 11) is 0. The Hall–Kier alpha value is -2.48. The SMILES string of the molecule is Cc1cc(C)n(-c2nc(C)c(C)c(=O)n2CC(=O)NC[C@H]2CCCO2)n1. The van der Waals surface area contributed by atoms with Crippen LogP contribution in [0.25, 0.3) is 5.95 Å². The maximum absolute atomic E-state index is 12.8. The third-order valence-electron chi connectivity index (χ3n) is 4.67. The van der Waals surface area contributed by atoms with Gasteiger partial charge in [0.15, 0.2) is 0 Å². The summed E-state index contributed by atoms with van der Waals surface area (Å²) >= 11 is 0. The summed E-state index contributed by atoms with van der Waals surface area (Å²) in [5.41, 5.74) is 2.61. The van der Waals surface area contributed by atoms with Crippen LogP contribution in [0.1, 0.15) is 35.5 Å². The number of nitrogens with zero attached hydrogens (tertiary/aromatic N) is 4. The van der Waals surface area contributed by atoms with Crippen LogP contribution in [0.4, 0.5) is 0 Å². The highest BCUT2D eigenvalue weighted by Gasteiger charge is 2.20. The van der Waals surface area contributed by atoms with Gasteiger partial charge in [0.25, 0.3) is 5.56 Å². The van der Waals surface area contributed by atoms with Gasteiger partial charge in [0.2, 0.25) is 11.9 Å². The molecule has 0 unspecified atom stereocenters. The molecule has 1 amide bonds. The van der Waals surface area contributed by atoms with Crippen molar-refractivity contribution in [3.8, 4) is 5.95 Å². The number of nitrogens with one attached hydrogen (secondary N) is 1. The number of aryl methyl sites for hydroxylation is 3. The largest absolute Gasteiger partial charge is 0.376 e. The van der Waals surface area contributed by atoms with Crippen LogP contribution in [0.15, 0.2) is 10.9 Å². The van der Waals surface area contributed by atoms with E-state index in [9.17, 15) is 9.59 Å². The van der Waals surface area contributed by atoms with Crippen molar-refractivity contribution in [2.24, 2.45) is 0 Å². The highest BCUT2D eigenvalue weighted by Crippen LogP contribution is 2.12. The predicted molar refractivity (Wildman–Crippen MR) is 96.6 cm³/mol. The highest BCUT2D eigenvalue weighted by atomic mass is 16.5. The van der Waals surface area contributed by atoms with E-state index in [0.717, 1.165) is 30.8 Å². The van der Waals surface area contributed by atoms with Gasteiger partial charge in [-0.1, -0.05) is 0 Å². The summed E-state index contributed by atoms with van der Waals surface area (Å²) in [5.74, 6) is 0.117. The fraction of sp³-hybridized carbons (Fsp3) is 0.556. The second kappa shape index (κ2) is 7.41. The molecule has 0 spiro atoms. The van der Waals surface area contributed by atoms with Crippen molar-refractivity contribution >= 4 is 5.91 Å². The van der Waals surface area contributed by atoms with Gasteiger partial charge in [-0.05, 0) is 46.6 Å². The van der Waals surface area contributed by atoms with Crippen molar-refractivity contribution in [3.63, 3.8) is 0 Å². The van der Waals surface area contributed by atoms with Gasteiger partial charge >= 0.3 is 0 Å². The number of amides is 1. The average Bonchev–Trinajstić information content (AvgIpc) is 3.22. The molecule has 0 radical (unpaired) electrons. The number of hydrogen-bond donors (Lipinski definition) is 1. The van der Waals surface area contributed by atoms with Gasteiger partial charge in [0, 0.05) is 30.1 Å². The first kappa shape index (κ1) is 18.3. The quantitative estimate of drug-likeness (QED) is 0.859. The Bertz CT molecular complexity index is 878. The van der Waals surface area contributed by atoms with E-state index in [4.69, 9.17) is 4.74 Å². The second-order valence-electron chi connectivity index (χ2n) is 6.79. The standard InChI is InChI=1S/C18H25N5O3/c1-11-8-12(2)23(21-11)18-20-14(4)13(3)17(25)22(18)10-16(24)19-9-15-6-5-7-26-15/h8,15H,5-7,9-10H2,1-4H3,(H,19,24)/t15-/m1/s1. The Balaban J connectivity index is 1.89. The lowest BCUT2D eigenvalue weighted by Crippen LogP contribution is -2.38. The van der Waals surface area contributed by atoms with Crippen LogP contribution in [-0.2, 0) is 16.1 Å². The summed E-state index contributed by atoms with van der Waals surface area (Å²) in [6.45, 7) is 8.37. The minimum absolute atomic E-state index is 0.0593. The maximum atomic E-state index is 12.8. The molecule has 3 rings (SSSR count). The van der Waals surface area contributed by atoms with Crippen molar-refractivity contribution in [1.29, 1.82) is 0 Å². The Labute approximate surface area is 152 Å². The van der Waals surface area contributed by atoms with Gasteiger partial charge in [-0.25, -0.2) is 9.67 Å². The minimum atomic E-state index is -0.240. The van der Waals surface area contributed by atoms with Gasteiger partial charge in [-0.2, -0.15) is 5.10 Å². The first-order valence-electron chi connectivity index (χ1n) is 8.87. The zero-order valence-electron chi connectivity index (χ0n) is 15.7. The van der Waals surface area contributed by atoms with E-state index in [0.29, 0.717) is 23.8 Å². The predicted octanol–water partition coefficient (Wildman–Crippen LogP) is 0.958. The molecule has 8 heteroatoms. The van der Waals surface area contributed by atoms with Crippen LogP contribution in [0.3, 0.4) is 0 Å². The fourth-order valence-electron chi connectivity index (χ4n) is 3.11. The third-order valence-corrected chi connectivity index (χ3v) is 4.67. The molecule has 1 aliphatic heterocycles. The number of ether oxygens (including phenoxy) is 1. The molecular weight excluding hydrogens is 334 g/mol. The summed E-state index contributed by atoms with van der Waals surface area (Å²) in [4.78, 5) is 29.7. The lowest BCUT2D eigenvalue weighted by atomic mass is 10.2. The molecule has 1 saturated heterocycles. The molecule has 0 aromatic carbocycles. The van der Waals surface area contributed by atoms with Crippen LogP contribution in [0, 0.1) is 27.7 Å². The molecule has 1 fully saturated rings. The average molecular weight is 359 g/mol. The molecule has 2 aromatic heterocycles. The molecule has 1 aliphatic rings. The lowest BCUT2D eigenvalue weighted by Gasteiger charge is -2.16. The molecule has 2 aromatic rings. The van der Waals surface area contributed by atoms with Crippen molar-refractivity contribution in [1.82, 2.24) is 24.6 Å². The van der Waals surface area contributed by atoms with Crippen molar-refractivity contribution in [3.05, 3.63) is 39.1 Å². The summed E-state index contributed by atoms with van der Waals surface area (Å²) in [5, 5.41) is 7.26. The molecule has 140 valence electrons. The van der Waals surface area contributed by atoms with Crippen LogP contribution in [0.5, 0.6) is 0 Å². The van der Waals surface area contributed by atoms with E-state index >= 15 is 0 Å². The van der Waals surface area contributed by atoms with Crippen molar-refractivity contribution < 1.29 is 9.53 Å². The van der Waals surface area contributed by atoms with Crippen LogP contribution >= 0.6 is 0 Å². The summed E-state index contributed by atoms with van der Waals surface area (Å²) < 4.78 is 8.50. The zero-order valence-corrected chi connectivity index (χ0v) is 15.7. The molecule has 8 nitrogen and oxygen atoms in total. The third kappa shape index (κ3) is 3.70. The molecule has 26 heavy (non-hydrogen) atoms. The Kier molecular flexibility index (Phi) is 5.22. The van der Waals surface area contributed by atoms with E-state index in [1.54, 1.807) is 18.5 Å². The Morgan fingerprint density at radius 1 is 1.35 bits per heavy atom. The smallest absolute Gasteiger partial charge is 0.258 e. The van der Waals surface area contributed by atoms with Gasteiger partial charge in [-0.3, -0.25) is 14.2 Å². The normalized spacial score (nSPS) is 16.8. The summed E-state index contributed by atoms with van der Waals surface area (Å²) in [6.07, 6.45) is 2.02. The Morgan fingerprint density at radius 3 is 2.73 bits per heavy atom. The molecule has 1 atom stereocenters. The van der Waals surface area contributed by atoms with Gasteiger partial charge < -0.3 is 10.1 Å². The van der Waals surface area contributed by atoms with Gasteiger partial charge in [0.05, 0.1) is 11.8 Å². The molecule has 3 heterocycles. The van der Waals surface area contributed by atoms with E-state index in [-0.39, 0.29) is 24.1 Å². The second-order valence-corrected chi connectivity index (χ2v) is 6.79. The van der Waals surface area contributed by atoms with Gasteiger partial charge in [0.1, 0.15) is 6.54 Å². The fourth-order valence-corrected chi connectivity index (χ4v) is 3.11. The number of aromatic nitrogens is 4. The maximum Gasteiger partial charge on any atom is 0.258 e. The van der Waals surface area contributed by atoms with E-state index in [1.165, 1.54) is 4.57 Å². The molecule has 0 saturated carbocycles. The molecular formula is C18H25N5O3. The Morgan fingerprint density at radius 2 is 2.12 bits per heavy atom. The van der Waals surface area contributed by atoms with Crippen LogP contribution < -0.4 is 10.9 Å². The number of carbonyl (C=O) groups is 1. The van der Waals surface area contributed by atoms with Crippen molar-refractivity contribution in [2.75, 3.05) is 13.2 Å². The van der Waals surface area contributed by atoms with E-state index < -0.39 is 0 Å². The van der Waals surface area contributed by atoms with Crippen LogP contribution in [0.2, 0.25) is 0 Å². The molecule has 0 aliphatic carbocycles. The summed E-state index contributed by atoms with van der Waals surface area (Å²) in [6, 6.07) is 1.91. The molecule has 1 N–H and O–H groups in total. The first-order chi connectivity index (χ1) is 12.4. The van der Waals surface area contributed by atoms with Gasteiger partial charge in [-0.15, -0.1) is 0 Å². The lowest BCUT2D eigenvalue weighted by molar-refractivity contribution is -0.122. The highest BCUT2D eigenvalue weighted by molar-refractivity contribution is 5.76.